The van der Waals surface area contributed by atoms with Crippen molar-refractivity contribution in [3.63, 3.8) is 0 Å². The first-order valence-electron chi connectivity index (χ1n) is 5.87. The number of hydrogen-bond acceptors (Lipinski definition) is 5. The summed E-state index contributed by atoms with van der Waals surface area (Å²) in [6.45, 7) is 1.70. The molecule has 3 rings (SSSR count). The van der Waals surface area contributed by atoms with Crippen LogP contribution in [0.1, 0.15) is 5.76 Å². The molecular formula is C12H12N2O5. The number of carboxylic acid groups (broad SMARTS) is 1. The van der Waals surface area contributed by atoms with Gasteiger partial charge in [0.1, 0.15) is 11.7 Å². The zero-order chi connectivity index (χ0) is 13.6. The summed E-state index contributed by atoms with van der Waals surface area (Å²) in [5.74, 6) is -2.22. The summed E-state index contributed by atoms with van der Waals surface area (Å²) in [5, 5.41) is 15.4. The number of ether oxygens (including phenoxy) is 1. The van der Waals surface area contributed by atoms with Gasteiger partial charge < -0.3 is 19.7 Å². The number of nitrogens with one attached hydrogen (secondary N) is 1. The summed E-state index contributed by atoms with van der Waals surface area (Å²) in [5.41, 5.74) is 0. The van der Waals surface area contributed by atoms with Crippen molar-refractivity contribution in [3.8, 4) is 0 Å². The van der Waals surface area contributed by atoms with Crippen LogP contribution in [0.2, 0.25) is 0 Å². The SMILES string of the molecule is Cc1cc(NC(=O)[C@H]2[C@@H](C(=O)O)[C@H]3C=C[C@@H]2O3)no1. The third-order valence-corrected chi connectivity index (χ3v) is 3.37. The third-order valence-electron chi connectivity index (χ3n) is 3.37. The molecule has 1 saturated heterocycles. The van der Waals surface area contributed by atoms with Crippen molar-refractivity contribution >= 4 is 17.7 Å². The Hall–Kier alpha value is -2.15. The normalized spacial score (nSPS) is 31.6. The minimum atomic E-state index is -1.03. The second-order valence-electron chi connectivity index (χ2n) is 4.65. The minimum absolute atomic E-state index is 0.276. The molecule has 2 N–H and O–H groups in total. The molecule has 2 aliphatic heterocycles. The van der Waals surface area contributed by atoms with Gasteiger partial charge in [0.25, 0.3) is 0 Å². The maximum atomic E-state index is 12.2. The number of aromatic nitrogens is 1. The fourth-order valence-electron chi connectivity index (χ4n) is 2.55. The van der Waals surface area contributed by atoms with E-state index in [1.807, 2.05) is 0 Å². The van der Waals surface area contributed by atoms with Crippen molar-refractivity contribution in [3.05, 3.63) is 24.0 Å². The zero-order valence-electron chi connectivity index (χ0n) is 10.1. The number of aliphatic carboxylic acids is 1. The Kier molecular flexibility index (Phi) is 2.63. The summed E-state index contributed by atoms with van der Waals surface area (Å²) < 4.78 is 10.3. The van der Waals surface area contributed by atoms with Crippen LogP contribution in [-0.4, -0.2) is 34.3 Å². The molecule has 100 valence electrons. The van der Waals surface area contributed by atoms with Gasteiger partial charge in [-0.25, -0.2) is 0 Å². The van der Waals surface area contributed by atoms with Crippen molar-refractivity contribution in [2.24, 2.45) is 11.8 Å². The van der Waals surface area contributed by atoms with E-state index in [9.17, 15) is 14.7 Å². The number of amides is 1. The number of carbonyl (C=O) groups is 2. The molecule has 0 unspecified atom stereocenters. The van der Waals surface area contributed by atoms with Gasteiger partial charge in [-0.2, -0.15) is 0 Å². The molecule has 7 heteroatoms. The first-order valence-corrected chi connectivity index (χ1v) is 5.87. The lowest BCUT2D eigenvalue weighted by atomic mass is 9.82. The number of carbonyl (C=O) groups excluding carboxylic acids is 1. The lowest BCUT2D eigenvalue weighted by Crippen LogP contribution is -2.39. The van der Waals surface area contributed by atoms with Gasteiger partial charge in [-0.3, -0.25) is 9.59 Å². The molecule has 4 atom stereocenters. The number of rotatable bonds is 3. The van der Waals surface area contributed by atoms with Crippen LogP contribution in [-0.2, 0) is 14.3 Å². The second kappa shape index (κ2) is 4.20. The Morgan fingerprint density at radius 2 is 2.00 bits per heavy atom. The van der Waals surface area contributed by atoms with Crippen LogP contribution in [0.25, 0.3) is 0 Å². The number of nitrogens with zero attached hydrogens (tertiary/aromatic N) is 1. The number of anilines is 1. The van der Waals surface area contributed by atoms with Crippen LogP contribution in [0.15, 0.2) is 22.7 Å². The Morgan fingerprint density at radius 1 is 1.32 bits per heavy atom. The molecule has 0 spiro atoms. The average molecular weight is 264 g/mol. The van der Waals surface area contributed by atoms with Crippen molar-refractivity contribution < 1.29 is 24.0 Å². The highest BCUT2D eigenvalue weighted by molar-refractivity contribution is 5.96. The van der Waals surface area contributed by atoms with E-state index in [1.165, 1.54) is 0 Å². The molecule has 1 amide bonds. The van der Waals surface area contributed by atoms with Gasteiger partial charge in [-0.15, -0.1) is 0 Å². The van der Waals surface area contributed by atoms with E-state index in [-0.39, 0.29) is 5.82 Å². The van der Waals surface area contributed by atoms with E-state index in [2.05, 4.69) is 10.5 Å². The van der Waals surface area contributed by atoms with Gasteiger partial charge in [0.2, 0.25) is 5.91 Å². The molecule has 2 aliphatic rings. The van der Waals surface area contributed by atoms with E-state index >= 15 is 0 Å². The van der Waals surface area contributed by atoms with E-state index in [4.69, 9.17) is 9.26 Å². The molecule has 0 saturated carbocycles. The molecular weight excluding hydrogens is 252 g/mol. The van der Waals surface area contributed by atoms with E-state index in [0.717, 1.165) is 0 Å². The van der Waals surface area contributed by atoms with Gasteiger partial charge in [-0.05, 0) is 6.92 Å². The zero-order valence-corrected chi connectivity index (χ0v) is 10.1. The Labute approximate surface area is 108 Å². The predicted octanol–water partition coefficient (Wildman–Crippen LogP) is 0.576. The lowest BCUT2D eigenvalue weighted by molar-refractivity contribution is -0.145. The molecule has 2 bridgehead atoms. The fourth-order valence-corrected chi connectivity index (χ4v) is 2.55. The van der Waals surface area contributed by atoms with E-state index < -0.39 is 35.9 Å². The molecule has 19 heavy (non-hydrogen) atoms. The maximum Gasteiger partial charge on any atom is 0.310 e. The molecule has 1 aromatic rings. The third kappa shape index (κ3) is 1.91. The fraction of sp³-hybridized carbons (Fsp3) is 0.417. The standard InChI is InChI=1S/C12H12N2O5/c1-5-4-8(14-19-5)13-11(15)9-6-2-3-7(18-6)10(9)12(16)17/h2-4,6-7,9-10H,1H3,(H,16,17)(H,13,14,15)/t6-,7+,9+,10-/m0/s1. The van der Waals surface area contributed by atoms with Gasteiger partial charge >= 0.3 is 5.97 Å². The Morgan fingerprint density at radius 3 is 2.58 bits per heavy atom. The van der Waals surface area contributed by atoms with Crippen LogP contribution in [0.3, 0.4) is 0 Å². The minimum Gasteiger partial charge on any atom is -0.481 e. The Balaban J connectivity index is 1.79. The summed E-state index contributed by atoms with van der Waals surface area (Å²) in [6.07, 6.45) is 2.40. The van der Waals surface area contributed by atoms with Crippen molar-refractivity contribution in [2.45, 2.75) is 19.1 Å². The van der Waals surface area contributed by atoms with Crippen LogP contribution in [0, 0.1) is 18.8 Å². The first kappa shape index (κ1) is 11.9. The second-order valence-corrected chi connectivity index (χ2v) is 4.65. The van der Waals surface area contributed by atoms with E-state index in [0.29, 0.717) is 5.76 Å². The molecule has 1 fully saturated rings. The topological polar surface area (TPSA) is 102 Å². The van der Waals surface area contributed by atoms with Crippen molar-refractivity contribution in [1.82, 2.24) is 5.16 Å². The van der Waals surface area contributed by atoms with Crippen LogP contribution < -0.4 is 5.32 Å². The molecule has 1 aromatic heterocycles. The average Bonchev–Trinajstić information content (AvgIpc) is 3.03. The van der Waals surface area contributed by atoms with Crippen molar-refractivity contribution in [1.29, 1.82) is 0 Å². The van der Waals surface area contributed by atoms with Crippen LogP contribution in [0.5, 0.6) is 0 Å². The molecule has 0 radical (unpaired) electrons. The van der Waals surface area contributed by atoms with Crippen molar-refractivity contribution in [2.75, 3.05) is 5.32 Å². The number of fused-ring (bicyclic) bond motifs is 2. The number of hydrogen-bond donors (Lipinski definition) is 2. The smallest absolute Gasteiger partial charge is 0.310 e. The monoisotopic (exact) mass is 264 g/mol. The van der Waals surface area contributed by atoms with Gasteiger partial charge in [0.15, 0.2) is 5.82 Å². The summed E-state index contributed by atoms with van der Waals surface area (Å²) in [4.78, 5) is 23.4. The summed E-state index contributed by atoms with van der Waals surface area (Å²) in [6, 6.07) is 1.57. The number of carboxylic acids is 1. The highest BCUT2D eigenvalue weighted by atomic mass is 16.5. The maximum absolute atomic E-state index is 12.2. The number of aryl methyl sites for hydroxylation is 1. The molecule has 7 nitrogen and oxygen atoms in total. The van der Waals surface area contributed by atoms with Gasteiger partial charge in [0, 0.05) is 6.07 Å². The predicted molar refractivity (Wildman–Crippen MR) is 62.3 cm³/mol. The van der Waals surface area contributed by atoms with E-state index in [1.54, 1.807) is 25.1 Å². The van der Waals surface area contributed by atoms with Gasteiger partial charge in [-0.1, -0.05) is 17.3 Å². The summed E-state index contributed by atoms with van der Waals surface area (Å²) >= 11 is 0. The van der Waals surface area contributed by atoms with Crippen LogP contribution in [0.4, 0.5) is 5.82 Å². The highest BCUT2D eigenvalue weighted by Crippen LogP contribution is 2.39. The Bertz CT molecular complexity index is 564. The first-order chi connectivity index (χ1) is 9.06. The molecule has 3 heterocycles. The lowest BCUT2D eigenvalue weighted by Gasteiger charge is -2.20. The van der Waals surface area contributed by atoms with Crippen LogP contribution >= 0.6 is 0 Å². The van der Waals surface area contributed by atoms with Gasteiger partial charge in [0.05, 0.1) is 18.1 Å². The summed E-state index contributed by atoms with van der Waals surface area (Å²) in [7, 11) is 0. The molecule has 0 aromatic carbocycles. The highest BCUT2D eigenvalue weighted by Gasteiger charge is 2.53. The molecule has 0 aliphatic carbocycles. The quantitative estimate of drug-likeness (QED) is 0.774. The largest absolute Gasteiger partial charge is 0.481 e.